The van der Waals surface area contributed by atoms with Gasteiger partial charge in [-0.05, 0) is 25.0 Å². The summed E-state index contributed by atoms with van der Waals surface area (Å²) in [6.45, 7) is 3.07. The summed E-state index contributed by atoms with van der Waals surface area (Å²) in [6, 6.07) is 0. The molecular weight excluding hydrogens is 219 g/mol. The Kier molecular flexibility index (Phi) is 2.89. The maximum Gasteiger partial charge on any atom is 0.573 e. The Bertz CT molecular complexity index is 351. The molecule has 0 bridgehead atoms. The van der Waals surface area contributed by atoms with Crippen LogP contribution in [0, 0.1) is 13.8 Å². The van der Waals surface area contributed by atoms with Gasteiger partial charge in [-0.25, -0.2) is 4.98 Å². The highest BCUT2D eigenvalue weighted by molar-refractivity contribution is 6.30. The first-order chi connectivity index (χ1) is 6.31. The normalized spacial score (nSPS) is 11.6. The second kappa shape index (κ2) is 3.65. The molecule has 6 heteroatoms. The zero-order valence-electron chi connectivity index (χ0n) is 7.44. The number of nitrogens with zero attached hydrogens (tertiary/aromatic N) is 1. The first kappa shape index (κ1) is 11.1. The van der Waals surface area contributed by atoms with Crippen LogP contribution in [-0.4, -0.2) is 11.3 Å². The number of hydrogen-bond acceptors (Lipinski definition) is 2. The molecule has 0 saturated carbocycles. The van der Waals surface area contributed by atoms with Crippen molar-refractivity contribution in [3.63, 3.8) is 0 Å². The lowest BCUT2D eigenvalue weighted by Crippen LogP contribution is -2.18. The van der Waals surface area contributed by atoms with Crippen LogP contribution in [0.4, 0.5) is 13.2 Å². The van der Waals surface area contributed by atoms with Gasteiger partial charge in [-0.3, -0.25) is 0 Å². The topological polar surface area (TPSA) is 22.1 Å². The van der Waals surface area contributed by atoms with Crippen molar-refractivity contribution in [3.8, 4) is 5.75 Å². The fraction of sp³-hybridized carbons (Fsp3) is 0.375. The molecule has 1 aromatic rings. The van der Waals surface area contributed by atoms with Gasteiger partial charge in [-0.15, -0.1) is 13.2 Å². The summed E-state index contributed by atoms with van der Waals surface area (Å²) in [5, 5.41) is 0.178. The Balaban J connectivity index is 3.06. The van der Waals surface area contributed by atoms with Crippen molar-refractivity contribution in [3.05, 3.63) is 22.5 Å². The van der Waals surface area contributed by atoms with Gasteiger partial charge in [0.2, 0.25) is 0 Å². The molecule has 0 fully saturated rings. The third-order valence-electron chi connectivity index (χ3n) is 1.76. The fourth-order valence-corrected chi connectivity index (χ4v) is 1.07. The minimum Gasteiger partial charge on any atom is -0.404 e. The zero-order valence-corrected chi connectivity index (χ0v) is 8.20. The number of pyridine rings is 1. The lowest BCUT2D eigenvalue weighted by atomic mass is 10.2. The average molecular weight is 226 g/mol. The van der Waals surface area contributed by atoms with Gasteiger partial charge in [-0.2, -0.15) is 0 Å². The van der Waals surface area contributed by atoms with E-state index in [1.54, 1.807) is 6.92 Å². The smallest absolute Gasteiger partial charge is 0.404 e. The highest BCUT2D eigenvalue weighted by atomic mass is 35.5. The highest BCUT2D eigenvalue weighted by Gasteiger charge is 2.32. The van der Waals surface area contributed by atoms with Gasteiger partial charge in [0.25, 0.3) is 0 Å². The van der Waals surface area contributed by atoms with E-state index in [1.165, 1.54) is 6.92 Å². The number of rotatable bonds is 1. The number of aromatic nitrogens is 1. The van der Waals surface area contributed by atoms with E-state index < -0.39 is 6.36 Å². The minimum atomic E-state index is -4.70. The van der Waals surface area contributed by atoms with Crippen molar-refractivity contribution in [2.45, 2.75) is 20.2 Å². The second-order valence-corrected chi connectivity index (χ2v) is 3.07. The molecule has 1 aromatic heterocycles. The molecule has 78 valence electrons. The van der Waals surface area contributed by atoms with Crippen molar-refractivity contribution >= 4 is 11.6 Å². The zero-order chi connectivity index (χ0) is 10.9. The van der Waals surface area contributed by atoms with E-state index in [1.807, 2.05) is 0 Å². The van der Waals surface area contributed by atoms with Crippen molar-refractivity contribution in [1.82, 2.24) is 4.98 Å². The van der Waals surface area contributed by atoms with Crippen LogP contribution in [0.25, 0.3) is 0 Å². The summed E-state index contributed by atoms with van der Waals surface area (Å²) < 4.78 is 39.4. The standard InChI is InChI=1S/C8H7ClF3NO/c1-4-5(2)7(9)13-3-6(4)14-8(10,11)12/h3H,1-2H3. The minimum absolute atomic E-state index is 0.178. The predicted molar refractivity (Wildman–Crippen MR) is 45.4 cm³/mol. The van der Waals surface area contributed by atoms with Crippen LogP contribution in [0.5, 0.6) is 5.75 Å². The largest absolute Gasteiger partial charge is 0.573 e. The summed E-state index contributed by atoms with van der Waals surface area (Å²) >= 11 is 5.61. The third kappa shape index (κ3) is 2.51. The van der Waals surface area contributed by atoms with Crippen LogP contribution < -0.4 is 4.74 Å². The summed E-state index contributed by atoms with van der Waals surface area (Å²) in [6.07, 6.45) is -3.75. The first-order valence-electron chi connectivity index (χ1n) is 3.68. The van der Waals surface area contributed by atoms with Gasteiger partial charge >= 0.3 is 6.36 Å². The molecule has 0 unspecified atom stereocenters. The third-order valence-corrected chi connectivity index (χ3v) is 2.14. The maximum atomic E-state index is 11.9. The van der Waals surface area contributed by atoms with Crippen molar-refractivity contribution < 1.29 is 17.9 Å². The maximum absolute atomic E-state index is 11.9. The molecule has 0 atom stereocenters. The SMILES string of the molecule is Cc1c(OC(F)(F)F)cnc(Cl)c1C. The predicted octanol–water partition coefficient (Wildman–Crippen LogP) is 3.25. The summed E-state index contributed by atoms with van der Waals surface area (Å²) in [7, 11) is 0. The van der Waals surface area contributed by atoms with E-state index in [9.17, 15) is 13.2 Å². The van der Waals surface area contributed by atoms with Crippen molar-refractivity contribution in [2.75, 3.05) is 0 Å². The van der Waals surface area contributed by atoms with E-state index in [0.717, 1.165) is 6.20 Å². The molecule has 0 radical (unpaired) electrons. The second-order valence-electron chi connectivity index (χ2n) is 2.71. The van der Waals surface area contributed by atoms with E-state index in [4.69, 9.17) is 11.6 Å². The van der Waals surface area contributed by atoms with Crippen LogP contribution in [0.15, 0.2) is 6.20 Å². The molecule has 0 aromatic carbocycles. The monoisotopic (exact) mass is 225 g/mol. The van der Waals surface area contributed by atoms with Gasteiger partial charge in [-0.1, -0.05) is 11.6 Å². The molecule has 1 heterocycles. The molecule has 0 amide bonds. The molecule has 0 aliphatic carbocycles. The van der Waals surface area contributed by atoms with Crippen molar-refractivity contribution in [1.29, 1.82) is 0 Å². The summed E-state index contributed by atoms with van der Waals surface area (Å²) in [5.41, 5.74) is 0.816. The molecule has 0 aliphatic heterocycles. The molecule has 14 heavy (non-hydrogen) atoms. The Morgan fingerprint density at radius 2 is 1.86 bits per heavy atom. The van der Waals surface area contributed by atoms with Crippen LogP contribution in [0.3, 0.4) is 0 Å². The summed E-state index contributed by atoms with van der Waals surface area (Å²) in [5.74, 6) is -0.320. The Morgan fingerprint density at radius 3 is 2.36 bits per heavy atom. The number of alkyl halides is 3. The van der Waals surface area contributed by atoms with Gasteiger partial charge in [0.05, 0.1) is 6.20 Å². The van der Waals surface area contributed by atoms with Crippen LogP contribution in [0.2, 0.25) is 5.15 Å². The van der Waals surface area contributed by atoms with E-state index >= 15 is 0 Å². The van der Waals surface area contributed by atoms with Gasteiger partial charge in [0.15, 0.2) is 5.75 Å². The van der Waals surface area contributed by atoms with Crippen LogP contribution >= 0.6 is 11.6 Å². The molecule has 0 N–H and O–H groups in total. The number of hydrogen-bond donors (Lipinski definition) is 0. The van der Waals surface area contributed by atoms with E-state index in [0.29, 0.717) is 11.1 Å². The lowest BCUT2D eigenvalue weighted by molar-refractivity contribution is -0.275. The molecule has 0 saturated heterocycles. The highest BCUT2D eigenvalue weighted by Crippen LogP contribution is 2.29. The summed E-state index contributed by atoms with van der Waals surface area (Å²) in [4.78, 5) is 3.56. The van der Waals surface area contributed by atoms with Gasteiger partial charge in [0.1, 0.15) is 5.15 Å². The molecule has 0 spiro atoms. The molecular formula is C8H7ClF3NO. The Morgan fingerprint density at radius 1 is 1.29 bits per heavy atom. The quantitative estimate of drug-likeness (QED) is 0.685. The van der Waals surface area contributed by atoms with Crippen LogP contribution in [-0.2, 0) is 0 Å². The van der Waals surface area contributed by atoms with E-state index in [-0.39, 0.29) is 10.9 Å². The van der Waals surface area contributed by atoms with Crippen LogP contribution in [0.1, 0.15) is 11.1 Å². The average Bonchev–Trinajstić information content (AvgIpc) is 2.04. The lowest BCUT2D eigenvalue weighted by Gasteiger charge is -2.12. The molecule has 1 rings (SSSR count). The first-order valence-corrected chi connectivity index (χ1v) is 4.06. The molecule has 0 aliphatic rings. The van der Waals surface area contributed by atoms with Crippen molar-refractivity contribution in [2.24, 2.45) is 0 Å². The fourth-order valence-electron chi connectivity index (χ4n) is 0.876. The Hall–Kier alpha value is -0.970. The Labute approximate surface area is 83.7 Å². The number of halogens is 4. The van der Waals surface area contributed by atoms with Gasteiger partial charge in [0, 0.05) is 0 Å². The molecule has 2 nitrogen and oxygen atoms in total. The van der Waals surface area contributed by atoms with E-state index in [2.05, 4.69) is 9.72 Å². The van der Waals surface area contributed by atoms with Gasteiger partial charge < -0.3 is 4.74 Å². The number of ether oxygens (including phenoxy) is 1.